The van der Waals surface area contributed by atoms with Crippen LogP contribution < -0.4 is 0 Å². The highest BCUT2D eigenvalue weighted by Crippen LogP contribution is 2.51. The lowest BCUT2D eigenvalue weighted by Crippen LogP contribution is -2.29. The van der Waals surface area contributed by atoms with Crippen LogP contribution in [-0.2, 0) is 14.3 Å². The molecule has 0 spiro atoms. The summed E-state index contributed by atoms with van der Waals surface area (Å²) in [5.41, 5.74) is -1.11. The van der Waals surface area contributed by atoms with Crippen molar-refractivity contribution in [3.63, 3.8) is 0 Å². The minimum atomic E-state index is -0.689. The summed E-state index contributed by atoms with van der Waals surface area (Å²) in [4.78, 5) is 23.4. The second-order valence-corrected chi connectivity index (χ2v) is 10.5. The third-order valence-electron chi connectivity index (χ3n) is 5.97. The van der Waals surface area contributed by atoms with Gasteiger partial charge >= 0.3 is 11.9 Å². The second kappa shape index (κ2) is 11.2. The van der Waals surface area contributed by atoms with Crippen LogP contribution in [0.5, 0.6) is 0 Å². The fourth-order valence-corrected chi connectivity index (χ4v) is 3.64. The quantitative estimate of drug-likeness (QED) is 0.241. The Balaban J connectivity index is 1.93. The van der Waals surface area contributed by atoms with Gasteiger partial charge in [-0.05, 0) is 60.3 Å². The number of hydrogen-bond donors (Lipinski definition) is 1. The molecule has 1 N–H and O–H groups in total. The van der Waals surface area contributed by atoms with E-state index in [1.807, 2.05) is 34.6 Å². The summed E-state index contributed by atoms with van der Waals surface area (Å²) in [5, 5.41) is 9.10. The Morgan fingerprint density at radius 2 is 1.21 bits per heavy atom. The molecule has 0 radical (unpaired) electrons. The first-order chi connectivity index (χ1) is 13.0. The molecule has 0 aromatic carbocycles. The number of carbonyl (C=O) groups excluding carboxylic acids is 1. The smallest absolute Gasteiger partial charge is 0.312 e. The van der Waals surface area contributed by atoms with E-state index in [0.29, 0.717) is 0 Å². The topological polar surface area (TPSA) is 63.6 Å². The van der Waals surface area contributed by atoms with E-state index in [0.717, 1.165) is 44.9 Å². The van der Waals surface area contributed by atoms with Crippen LogP contribution in [0.15, 0.2) is 0 Å². The van der Waals surface area contributed by atoms with E-state index < -0.39 is 11.4 Å². The molecule has 0 aromatic heterocycles. The van der Waals surface area contributed by atoms with E-state index in [1.165, 1.54) is 44.9 Å². The van der Waals surface area contributed by atoms with Gasteiger partial charge in [-0.15, -0.1) is 0 Å². The molecule has 1 aliphatic carbocycles. The molecule has 0 aliphatic heterocycles. The number of aliphatic carboxylic acids is 1. The summed E-state index contributed by atoms with van der Waals surface area (Å²) in [6.07, 6.45) is 15.9. The van der Waals surface area contributed by atoms with Gasteiger partial charge < -0.3 is 9.84 Å². The van der Waals surface area contributed by atoms with Gasteiger partial charge in [0.2, 0.25) is 0 Å². The zero-order valence-corrected chi connectivity index (χ0v) is 19.1. The largest absolute Gasteiger partial charge is 0.481 e. The van der Waals surface area contributed by atoms with Gasteiger partial charge in [-0.2, -0.15) is 0 Å². The summed E-state index contributed by atoms with van der Waals surface area (Å²) in [6.45, 7) is 9.45. The molecule has 1 fully saturated rings. The standard InChI is InChI=1S/C24H44O4/c1-22(2,3)28-21(27)24(18-19-24)17-15-13-11-9-7-6-8-10-12-14-16-23(4,5)20(25)26/h6-19H2,1-5H3,(H,25,26). The maximum absolute atomic E-state index is 12.3. The predicted octanol–water partition coefficient (Wildman–Crippen LogP) is 6.90. The highest BCUT2D eigenvalue weighted by atomic mass is 16.6. The SMILES string of the molecule is CC(C)(C)OC(=O)C1(CCCCCCCCCCCCC(C)(C)C(=O)O)CC1. The van der Waals surface area contributed by atoms with Gasteiger partial charge in [0, 0.05) is 0 Å². The number of carboxylic acid groups (broad SMARTS) is 1. The number of esters is 1. The molecular weight excluding hydrogens is 352 g/mol. The molecule has 164 valence electrons. The van der Waals surface area contributed by atoms with Gasteiger partial charge in [0.15, 0.2) is 0 Å². The lowest BCUT2D eigenvalue weighted by atomic mass is 9.87. The maximum atomic E-state index is 12.3. The number of rotatable bonds is 15. The number of ether oxygens (including phenoxy) is 1. The van der Waals surface area contributed by atoms with Gasteiger partial charge in [-0.1, -0.05) is 64.2 Å². The molecule has 0 aromatic rings. The van der Waals surface area contributed by atoms with Gasteiger partial charge in [0.1, 0.15) is 5.60 Å². The lowest BCUT2D eigenvalue weighted by Gasteiger charge is -2.23. The molecule has 0 saturated heterocycles. The Labute approximate surface area is 172 Å². The average molecular weight is 397 g/mol. The lowest BCUT2D eigenvalue weighted by molar-refractivity contribution is -0.162. The van der Waals surface area contributed by atoms with Crippen molar-refractivity contribution in [2.45, 2.75) is 130 Å². The van der Waals surface area contributed by atoms with E-state index in [1.54, 1.807) is 0 Å². The molecule has 0 unspecified atom stereocenters. The Morgan fingerprint density at radius 3 is 1.61 bits per heavy atom. The molecule has 1 saturated carbocycles. The molecule has 4 heteroatoms. The first-order valence-electron chi connectivity index (χ1n) is 11.5. The Kier molecular flexibility index (Phi) is 10.00. The van der Waals surface area contributed by atoms with Gasteiger partial charge in [0.05, 0.1) is 10.8 Å². The van der Waals surface area contributed by atoms with Crippen molar-refractivity contribution in [1.82, 2.24) is 0 Å². The zero-order valence-electron chi connectivity index (χ0n) is 19.1. The van der Waals surface area contributed by atoms with Crippen LogP contribution in [0.25, 0.3) is 0 Å². The van der Waals surface area contributed by atoms with Gasteiger partial charge in [-0.25, -0.2) is 0 Å². The molecule has 1 rings (SSSR count). The third-order valence-corrected chi connectivity index (χ3v) is 5.97. The Morgan fingerprint density at radius 1 is 0.786 bits per heavy atom. The summed E-state index contributed by atoms with van der Waals surface area (Å²) >= 11 is 0. The van der Waals surface area contributed by atoms with E-state index in [4.69, 9.17) is 9.84 Å². The Hall–Kier alpha value is -1.06. The zero-order chi connectivity index (χ0) is 21.3. The van der Waals surface area contributed by atoms with Crippen LogP contribution in [0.4, 0.5) is 0 Å². The minimum absolute atomic E-state index is 0.0201. The highest BCUT2D eigenvalue weighted by molar-refractivity contribution is 5.80. The molecule has 0 atom stereocenters. The summed E-state index contributed by atoms with van der Waals surface area (Å²) in [5.74, 6) is -0.669. The van der Waals surface area contributed by atoms with Crippen LogP contribution in [0.1, 0.15) is 125 Å². The van der Waals surface area contributed by atoms with Gasteiger partial charge in [0.25, 0.3) is 0 Å². The monoisotopic (exact) mass is 396 g/mol. The van der Waals surface area contributed by atoms with Crippen molar-refractivity contribution < 1.29 is 19.4 Å². The van der Waals surface area contributed by atoms with Crippen LogP contribution in [-0.4, -0.2) is 22.6 Å². The highest BCUT2D eigenvalue weighted by Gasteiger charge is 2.51. The van der Waals surface area contributed by atoms with Crippen molar-refractivity contribution >= 4 is 11.9 Å². The van der Waals surface area contributed by atoms with Crippen LogP contribution in [0, 0.1) is 10.8 Å². The van der Waals surface area contributed by atoms with Crippen LogP contribution in [0.2, 0.25) is 0 Å². The molecule has 1 aliphatic rings. The normalized spacial score (nSPS) is 16.0. The van der Waals surface area contributed by atoms with Crippen molar-refractivity contribution in [3.8, 4) is 0 Å². The minimum Gasteiger partial charge on any atom is -0.481 e. The third kappa shape index (κ3) is 9.93. The number of carbonyl (C=O) groups is 2. The first-order valence-corrected chi connectivity index (χ1v) is 11.5. The van der Waals surface area contributed by atoms with E-state index >= 15 is 0 Å². The van der Waals surface area contributed by atoms with E-state index in [-0.39, 0.29) is 17.0 Å². The average Bonchev–Trinajstić information content (AvgIpc) is 3.35. The summed E-state index contributed by atoms with van der Waals surface area (Å²) in [7, 11) is 0. The van der Waals surface area contributed by atoms with Crippen molar-refractivity contribution in [1.29, 1.82) is 0 Å². The van der Waals surface area contributed by atoms with E-state index in [2.05, 4.69) is 0 Å². The molecular formula is C24H44O4. The molecule has 28 heavy (non-hydrogen) atoms. The first kappa shape index (κ1) is 25.0. The van der Waals surface area contributed by atoms with Crippen molar-refractivity contribution in [2.75, 3.05) is 0 Å². The predicted molar refractivity (Wildman–Crippen MR) is 114 cm³/mol. The maximum Gasteiger partial charge on any atom is 0.312 e. The molecule has 0 bridgehead atoms. The second-order valence-electron chi connectivity index (χ2n) is 10.5. The van der Waals surface area contributed by atoms with Crippen molar-refractivity contribution in [3.05, 3.63) is 0 Å². The summed E-state index contributed by atoms with van der Waals surface area (Å²) < 4.78 is 5.58. The van der Waals surface area contributed by atoms with Crippen molar-refractivity contribution in [2.24, 2.45) is 10.8 Å². The summed E-state index contributed by atoms with van der Waals surface area (Å²) in [6, 6.07) is 0. The van der Waals surface area contributed by atoms with Gasteiger partial charge in [-0.3, -0.25) is 9.59 Å². The fraction of sp³-hybridized carbons (Fsp3) is 0.917. The van der Waals surface area contributed by atoms with Crippen LogP contribution in [0.3, 0.4) is 0 Å². The van der Waals surface area contributed by atoms with E-state index in [9.17, 15) is 9.59 Å². The number of carboxylic acids is 1. The fourth-order valence-electron chi connectivity index (χ4n) is 3.64. The number of hydrogen-bond acceptors (Lipinski definition) is 3. The number of unbranched alkanes of at least 4 members (excludes halogenated alkanes) is 9. The molecule has 4 nitrogen and oxygen atoms in total. The van der Waals surface area contributed by atoms with Crippen LogP contribution >= 0.6 is 0 Å². The molecule has 0 amide bonds. The Bertz CT molecular complexity index is 483. The molecule has 0 heterocycles.